The van der Waals surface area contributed by atoms with Crippen LogP contribution in [-0.4, -0.2) is 49.0 Å². The predicted octanol–water partition coefficient (Wildman–Crippen LogP) is 2.18. The van der Waals surface area contributed by atoms with Crippen molar-refractivity contribution in [3.05, 3.63) is 65.7 Å². The largest absolute Gasteiger partial charge is 0.334 e. The van der Waals surface area contributed by atoms with Crippen LogP contribution in [0.2, 0.25) is 0 Å². The van der Waals surface area contributed by atoms with E-state index in [4.69, 9.17) is 4.98 Å². The van der Waals surface area contributed by atoms with Crippen LogP contribution in [-0.2, 0) is 0 Å². The van der Waals surface area contributed by atoms with Crippen molar-refractivity contribution in [2.75, 3.05) is 33.2 Å². The van der Waals surface area contributed by atoms with Gasteiger partial charge < -0.3 is 9.80 Å². The van der Waals surface area contributed by atoms with Gasteiger partial charge in [0.25, 0.3) is 5.91 Å². The van der Waals surface area contributed by atoms with E-state index >= 15 is 0 Å². The SMILES string of the molecule is Cc1ccccc1-c1cc(C(=O)N2CC[NH+](C)CC2)c2ccccc2n1. The van der Waals surface area contributed by atoms with Crippen LogP contribution in [0.3, 0.4) is 0 Å². The number of quaternary nitrogens is 1. The summed E-state index contributed by atoms with van der Waals surface area (Å²) in [6.07, 6.45) is 0. The molecule has 1 aliphatic rings. The number of nitrogens with one attached hydrogen (secondary N) is 1. The number of likely N-dealkylation sites (N-methyl/N-ethyl adjacent to an activating group) is 1. The topological polar surface area (TPSA) is 37.6 Å². The summed E-state index contributed by atoms with van der Waals surface area (Å²) >= 11 is 0. The van der Waals surface area contributed by atoms with Gasteiger partial charge in [0.1, 0.15) is 0 Å². The molecule has 4 heteroatoms. The van der Waals surface area contributed by atoms with Gasteiger partial charge in [-0.1, -0.05) is 42.5 Å². The van der Waals surface area contributed by atoms with Gasteiger partial charge in [-0.25, -0.2) is 4.98 Å². The molecule has 1 aliphatic heterocycles. The summed E-state index contributed by atoms with van der Waals surface area (Å²) in [4.78, 5) is 21.6. The Labute approximate surface area is 154 Å². The molecular formula is C22H24N3O+. The molecule has 4 nitrogen and oxygen atoms in total. The molecular weight excluding hydrogens is 322 g/mol. The van der Waals surface area contributed by atoms with Gasteiger partial charge >= 0.3 is 0 Å². The van der Waals surface area contributed by atoms with E-state index in [1.54, 1.807) is 0 Å². The Balaban J connectivity index is 1.83. The van der Waals surface area contributed by atoms with Crippen molar-refractivity contribution < 1.29 is 9.69 Å². The van der Waals surface area contributed by atoms with Crippen molar-refractivity contribution >= 4 is 16.8 Å². The van der Waals surface area contributed by atoms with E-state index in [9.17, 15) is 4.79 Å². The van der Waals surface area contributed by atoms with E-state index in [0.29, 0.717) is 0 Å². The Bertz CT molecular complexity index is 959. The van der Waals surface area contributed by atoms with Gasteiger partial charge in [0.05, 0.1) is 50.0 Å². The highest BCUT2D eigenvalue weighted by Gasteiger charge is 2.24. The number of aryl methyl sites for hydroxylation is 1. The molecule has 4 rings (SSSR count). The van der Waals surface area contributed by atoms with Crippen molar-refractivity contribution in [3.63, 3.8) is 0 Å². The standard InChI is InChI=1S/C22H23N3O/c1-16-7-3-4-8-17(16)21-15-19(18-9-5-6-10-20(18)23-21)22(26)25-13-11-24(2)12-14-25/h3-10,15H,11-14H2,1-2H3/p+1. The van der Waals surface area contributed by atoms with Gasteiger partial charge in [-0.2, -0.15) is 0 Å². The van der Waals surface area contributed by atoms with Crippen LogP contribution < -0.4 is 4.90 Å². The third-order valence-electron chi connectivity index (χ3n) is 5.27. The van der Waals surface area contributed by atoms with Crippen molar-refractivity contribution in [3.8, 4) is 11.3 Å². The maximum absolute atomic E-state index is 13.3. The number of hydrogen-bond acceptors (Lipinski definition) is 2. The molecule has 0 saturated carbocycles. The van der Waals surface area contributed by atoms with Gasteiger partial charge in [-0.05, 0) is 24.6 Å². The number of hydrogen-bond donors (Lipinski definition) is 1. The average molecular weight is 346 g/mol. The summed E-state index contributed by atoms with van der Waals surface area (Å²) in [6, 6.07) is 18.1. The second-order valence-electron chi connectivity index (χ2n) is 7.14. The molecule has 2 aromatic carbocycles. The van der Waals surface area contributed by atoms with Crippen LogP contribution in [0.15, 0.2) is 54.6 Å². The highest BCUT2D eigenvalue weighted by molar-refractivity contribution is 6.07. The first-order valence-electron chi connectivity index (χ1n) is 9.20. The van der Waals surface area contributed by atoms with Crippen molar-refractivity contribution in [1.82, 2.24) is 9.88 Å². The summed E-state index contributed by atoms with van der Waals surface area (Å²) in [6.45, 7) is 5.69. The summed E-state index contributed by atoms with van der Waals surface area (Å²) in [7, 11) is 2.18. The zero-order valence-corrected chi connectivity index (χ0v) is 15.3. The molecule has 1 amide bonds. The van der Waals surface area contributed by atoms with E-state index in [2.05, 4.69) is 26.1 Å². The number of carbonyl (C=O) groups excluding carboxylic acids is 1. The fourth-order valence-corrected chi connectivity index (χ4v) is 3.61. The number of rotatable bonds is 2. The van der Waals surface area contributed by atoms with Crippen molar-refractivity contribution in [2.45, 2.75) is 6.92 Å². The van der Waals surface area contributed by atoms with Gasteiger partial charge in [0.2, 0.25) is 0 Å². The number of para-hydroxylation sites is 1. The number of nitrogens with zero attached hydrogens (tertiary/aromatic N) is 2. The number of fused-ring (bicyclic) bond motifs is 1. The molecule has 3 aromatic rings. The Morgan fingerprint density at radius 3 is 2.50 bits per heavy atom. The zero-order chi connectivity index (χ0) is 18.1. The number of aromatic nitrogens is 1. The lowest BCUT2D eigenvalue weighted by Gasteiger charge is -2.30. The monoisotopic (exact) mass is 346 g/mol. The Morgan fingerprint density at radius 1 is 1.04 bits per heavy atom. The minimum Gasteiger partial charge on any atom is -0.334 e. The Kier molecular flexibility index (Phi) is 4.43. The van der Waals surface area contributed by atoms with E-state index in [1.807, 2.05) is 47.4 Å². The lowest BCUT2D eigenvalue weighted by Crippen LogP contribution is -3.12. The molecule has 0 spiro atoms. The highest BCUT2D eigenvalue weighted by Crippen LogP contribution is 2.27. The van der Waals surface area contributed by atoms with Gasteiger partial charge in [-0.15, -0.1) is 0 Å². The third-order valence-corrected chi connectivity index (χ3v) is 5.27. The van der Waals surface area contributed by atoms with Crippen LogP contribution in [0.5, 0.6) is 0 Å². The van der Waals surface area contributed by atoms with Gasteiger partial charge in [0.15, 0.2) is 0 Å². The molecule has 0 unspecified atom stereocenters. The molecule has 0 aliphatic carbocycles. The summed E-state index contributed by atoms with van der Waals surface area (Å²) in [5, 5.41) is 0.932. The molecule has 1 fully saturated rings. The van der Waals surface area contributed by atoms with Gasteiger partial charge in [-0.3, -0.25) is 4.79 Å². The lowest BCUT2D eigenvalue weighted by molar-refractivity contribution is -0.883. The summed E-state index contributed by atoms with van der Waals surface area (Å²) in [5.74, 6) is 0.117. The Morgan fingerprint density at radius 2 is 1.73 bits per heavy atom. The lowest BCUT2D eigenvalue weighted by atomic mass is 10.0. The fourth-order valence-electron chi connectivity index (χ4n) is 3.61. The smallest absolute Gasteiger partial charge is 0.255 e. The maximum atomic E-state index is 13.3. The highest BCUT2D eigenvalue weighted by atomic mass is 16.2. The fraction of sp³-hybridized carbons (Fsp3) is 0.273. The molecule has 0 radical (unpaired) electrons. The number of benzene rings is 2. The number of amides is 1. The van der Waals surface area contributed by atoms with E-state index < -0.39 is 0 Å². The Hall–Kier alpha value is -2.72. The van der Waals surface area contributed by atoms with Crippen LogP contribution in [0.4, 0.5) is 0 Å². The summed E-state index contributed by atoms with van der Waals surface area (Å²) in [5.41, 5.74) is 4.74. The molecule has 2 heterocycles. The first-order valence-corrected chi connectivity index (χ1v) is 9.20. The average Bonchev–Trinajstić information content (AvgIpc) is 2.67. The normalized spacial score (nSPS) is 15.4. The van der Waals surface area contributed by atoms with Crippen LogP contribution in [0, 0.1) is 6.92 Å². The molecule has 1 saturated heterocycles. The van der Waals surface area contributed by atoms with Crippen molar-refractivity contribution in [2.24, 2.45) is 0 Å². The van der Waals surface area contributed by atoms with Gasteiger partial charge in [0, 0.05) is 10.9 Å². The maximum Gasteiger partial charge on any atom is 0.255 e. The van der Waals surface area contributed by atoms with E-state index in [0.717, 1.165) is 59.5 Å². The third kappa shape index (κ3) is 3.08. The van der Waals surface area contributed by atoms with E-state index in [-0.39, 0.29) is 5.91 Å². The molecule has 132 valence electrons. The number of piperazine rings is 1. The minimum atomic E-state index is 0.117. The van der Waals surface area contributed by atoms with Crippen molar-refractivity contribution in [1.29, 1.82) is 0 Å². The molecule has 1 aromatic heterocycles. The molecule has 26 heavy (non-hydrogen) atoms. The van der Waals surface area contributed by atoms with Crippen LogP contribution >= 0.6 is 0 Å². The summed E-state index contributed by atoms with van der Waals surface area (Å²) < 4.78 is 0. The second-order valence-corrected chi connectivity index (χ2v) is 7.14. The minimum absolute atomic E-state index is 0.117. The van der Waals surface area contributed by atoms with Crippen LogP contribution in [0.25, 0.3) is 22.2 Å². The first kappa shape index (κ1) is 16.7. The molecule has 0 bridgehead atoms. The molecule has 0 atom stereocenters. The molecule has 1 N–H and O–H groups in total. The first-order chi connectivity index (χ1) is 12.6. The van der Waals surface area contributed by atoms with Crippen LogP contribution in [0.1, 0.15) is 15.9 Å². The zero-order valence-electron chi connectivity index (χ0n) is 15.3. The number of pyridine rings is 1. The van der Waals surface area contributed by atoms with E-state index in [1.165, 1.54) is 4.90 Å². The predicted molar refractivity (Wildman–Crippen MR) is 104 cm³/mol. The number of carbonyl (C=O) groups is 1. The second kappa shape index (κ2) is 6.89. The quantitative estimate of drug-likeness (QED) is 0.772.